The number of rotatable bonds is 2. The molecule has 0 atom stereocenters. The number of ether oxygens (including phenoxy) is 2. The topological polar surface area (TPSA) is 51.1 Å². The molecule has 4 heteroatoms. The largest absolute Gasteiger partial charge is 0.506 e. The third-order valence-corrected chi connectivity index (χ3v) is 3.59. The first-order valence-electron chi connectivity index (χ1n) is 7.21. The summed E-state index contributed by atoms with van der Waals surface area (Å²) in [7, 11) is 0. The van der Waals surface area contributed by atoms with E-state index in [0.29, 0.717) is 5.69 Å². The van der Waals surface area contributed by atoms with Crippen LogP contribution in [0, 0.1) is 0 Å². The Hall–Kier alpha value is -2.49. The second kappa shape index (κ2) is 5.37. The molecular formula is C18H19NO3. The molecule has 2 aromatic carbocycles. The monoisotopic (exact) mass is 297 g/mol. The second-order valence-corrected chi connectivity index (χ2v) is 6.32. The predicted molar refractivity (Wildman–Crippen MR) is 86.6 cm³/mol. The summed E-state index contributed by atoms with van der Waals surface area (Å²) in [6.07, 6.45) is 1.71. The lowest BCUT2D eigenvalue weighted by Crippen LogP contribution is -2.10. The Kier molecular flexibility index (Phi) is 3.53. The van der Waals surface area contributed by atoms with Gasteiger partial charge < -0.3 is 14.6 Å². The van der Waals surface area contributed by atoms with Gasteiger partial charge in [0.15, 0.2) is 11.5 Å². The lowest BCUT2D eigenvalue weighted by molar-refractivity contribution is 0.174. The van der Waals surface area contributed by atoms with Gasteiger partial charge in [0.05, 0.1) is 0 Å². The Morgan fingerprint density at radius 1 is 1.05 bits per heavy atom. The maximum Gasteiger partial charge on any atom is 0.231 e. The van der Waals surface area contributed by atoms with Gasteiger partial charge in [-0.3, -0.25) is 4.99 Å². The number of hydrogen-bond acceptors (Lipinski definition) is 4. The molecule has 22 heavy (non-hydrogen) atoms. The van der Waals surface area contributed by atoms with Gasteiger partial charge in [0.25, 0.3) is 0 Å². The Labute approximate surface area is 130 Å². The SMILES string of the molecule is CC(C)(C)c1ccc(O)c(N=Cc2ccc3c(c2)OCO3)c1. The van der Waals surface area contributed by atoms with Crippen molar-refractivity contribution in [3.63, 3.8) is 0 Å². The highest BCUT2D eigenvalue weighted by molar-refractivity contribution is 5.84. The first-order valence-corrected chi connectivity index (χ1v) is 7.21. The summed E-state index contributed by atoms with van der Waals surface area (Å²) in [4.78, 5) is 4.40. The van der Waals surface area contributed by atoms with Gasteiger partial charge in [-0.25, -0.2) is 0 Å². The van der Waals surface area contributed by atoms with Crippen molar-refractivity contribution in [2.75, 3.05) is 6.79 Å². The van der Waals surface area contributed by atoms with Crippen LogP contribution in [0.15, 0.2) is 41.4 Å². The molecule has 0 radical (unpaired) electrons. The van der Waals surface area contributed by atoms with Crippen LogP contribution in [0.2, 0.25) is 0 Å². The Morgan fingerprint density at radius 3 is 2.59 bits per heavy atom. The van der Waals surface area contributed by atoms with E-state index in [1.54, 1.807) is 12.3 Å². The minimum atomic E-state index is 0.0106. The zero-order valence-electron chi connectivity index (χ0n) is 13.0. The highest BCUT2D eigenvalue weighted by Crippen LogP contribution is 2.34. The Bertz CT molecular complexity index is 730. The smallest absolute Gasteiger partial charge is 0.231 e. The van der Waals surface area contributed by atoms with Gasteiger partial charge in [-0.1, -0.05) is 26.8 Å². The summed E-state index contributed by atoms with van der Waals surface area (Å²) in [6, 6.07) is 11.2. The average Bonchev–Trinajstić information content (AvgIpc) is 2.92. The molecule has 0 aliphatic carbocycles. The fourth-order valence-corrected chi connectivity index (χ4v) is 2.23. The highest BCUT2D eigenvalue weighted by Gasteiger charge is 2.15. The number of aliphatic imine (C=N–C) groups is 1. The maximum absolute atomic E-state index is 9.98. The first-order chi connectivity index (χ1) is 10.4. The first kappa shape index (κ1) is 14.4. The molecule has 114 valence electrons. The van der Waals surface area contributed by atoms with Crippen LogP contribution >= 0.6 is 0 Å². The number of hydrogen-bond donors (Lipinski definition) is 1. The molecule has 0 fully saturated rings. The summed E-state index contributed by atoms with van der Waals surface area (Å²) in [5.74, 6) is 1.64. The van der Waals surface area contributed by atoms with Crippen LogP contribution in [-0.4, -0.2) is 18.1 Å². The molecule has 1 N–H and O–H groups in total. The van der Waals surface area contributed by atoms with E-state index in [0.717, 1.165) is 22.6 Å². The molecule has 2 aromatic rings. The van der Waals surface area contributed by atoms with Crippen molar-refractivity contribution < 1.29 is 14.6 Å². The number of phenols is 1. The minimum Gasteiger partial charge on any atom is -0.506 e. The lowest BCUT2D eigenvalue weighted by atomic mass is 9.87. The third-order valence-electron chi connectivity index (χ3n) is 3.59. The van der Waals surface area contributed by atoms with Crippen LogP contribution < -0.4 is 9.47 Å². The molecule has 1 aliphatic heterocycles. The van der Waals surface area contributed by atoms with E-state index in [-0.39, 0.29) is 18.0 Å². The predicted octanol–water partition coefficient (Wildman–Crippen LogP) is 4.17. The van der Waals surface area contributed by atoms with Gasteiger partial charge in [0, 0.05) is 6.21 Å². The summed E-state index contributed by atoms with van der Waals surface area (Å²) in [6.45, 7) is 6.64. The second-order valence-electron chi connectivity index (χ2n) is 6.32. The Morgan fingerprint density at radius 2 is 1.82 bits per heavy atom. The summed E-state index contributed by atoms with van der Waals surface area (Å²) < 4.78 is 10.6. The molecule has 0 amide bonds. The van der Waals surface area contributed by atoms with E-state index in [2.05, 4.69) is 25.8 Å². The van der Waals surface area contributed by atoms with Crippen LogP contribution in [0.3, 0.4) is 0 Å². The van der Waals surface area contributed by atoms with Crippen LogP contribution in [0.25, 0.3) is 0 Å². The normalized spacial score (nSPS) is 13.8. The summed E-state index contributed by atoms with van der Waals surface area (Å²) in [5, 5.41) is 9.98. The number of nitrogens with zero attached hydrogens (tertiary/aromatic N) is 1. The zero-order valence-corrected chi connectivity index (χ0v) is 13.0. The quantitative estimate of drug-likeness (QED) is 0.846. The van der Waals surface area contributed by atoms with Gasteiger partial charge in [-0.05, 0) is 46.9 Å². The van der Waals surface area contributed by atoms with Gasteiger partial charge in [-0.15, -0.1) is 0 Å². The molecule has 0 aromatic heterocycles. The molecule has 0 saturated carbocycles. The van der Waals surface area contributed by atoms with Crippen molar-refractivity contribution >= 4 is 11.9 Å². The van der Waals surface area contributed by atoms with Gasteiger partial charge in [0.1, 0.15) is 11.4 Å². The van der Waals surface area contributed by atoms with Crippen molar-refractivity contribution in [2.45, 2.75) is 26.2 Å². The van der Waals surface area contributed by atoms with E-state index in [1.165, 1.54) is 0 Å². The summed E-state index contributed by atoms with van der Waals surface area (Å²) >= 11 is 0. The highest BCUT2D eigenvalue weighted by atomic mass is 16.7. The molecule has 4 nitrogen and oxygen atoms in total. The molecule has 1 aliphatic rings. The molecular weight excluding hydrogens is 278 g/mol. The van der Waals surface area contributed by atoms with Crippen LogP contribution in [0.1, 0.15) is 31.9 Å². The van der Waals surface area contributed by atoms with Crippen molar-refractivity contribution in [3.8, 4) is 17.2 Å². The number of fused-ring (bicyclic) bond motifs is 1. The van der Waals surface area contributed by atoms with Gasteiger partial charge in [-0.2, -0.15) is 0 Å². The van der Waals surface area contributed by atoms with Crippen LogP contribution in [-0.2, 0) is 5.41 Å². The third kappa shape index (κ3) is 2.91. The van der Waals surface area contributed by atoms with E-state index in [4.69, 9.17) is 9.47 Å². The van der Waals surface area contributed by atoms with Crippen LogP contribution in [0.5, 0.6) is 17.2 Å². The fourth-order valence-electron chi connectivity index (χ4n) is 2.23. The van der Waals surface area contributed by atoms with Crippen molar-refractivity contribution in [1.82, 2.24) is 0 Å². The number of aromatic hydroxyl groups is 1. The summed E-state index contributed by atoms with van der Waals surface area (Å²) in [5.41, 5.74) is 2.59. The van der Waals surface area contributed by atoms with Crippen molar-refractivity contribution in [1.29, 1.82) is 0 Å². The van der Waals surface area contributed by atoms with E-state index in [9.17, 15) is 5.11 Å². The minimum absolute atomic E-state index is 0.0106. The molecule has 1 heterocycles. The zero-order chi connectivity index (χ0) is 15.7. The molecule has 3 rings (SSSR count). The van der Waals surface area contributed by atoms with E-state index < -0.39 is 0 Å². The van der Waals surface area contributed by atoms with Gasteiger partial charge >= 0.3 is 0 Å². The average molecular weight is 297 g/mol. The van der Waals surface area contributed by atoms with Gasteiger partial charge in [0.2, 0.25) is 6.79 Å². The molecule has 0 saturated heterocycles. The van der Waals surface area contributed by atoms with Crippen molar-refractivity contribution in [3.05, 3.63) is 47.5 Å². The Balaban J connectivity index is 1.89. The molecule has 0 unspecified atom stereocenters. The number of benzene rings is 2. The maximum atomic E-state index is 9.98. The number of phenolic OH excluding ortho intramolecular Hbond substituents is 1. The lowest BCUT2D eigenvalue weighted by Gasteiger charge is -2.19. The van der Waals surface area contributed by atoms with Crippen LogP contribution in [0.4, 0.5) is 5.69 Å². The molecule has 0 bridgehead atoms. The van der Waals surface area contributed by atoms with E-state index >= 15 is 0 Å². The standard InChI is InChI=1S/C18H19NO3/c1-18(2,3)13-5-6-15(20)14(9-13)19-10-12-4-7-16-17(8-12)22-11-21-16/h4-10,20H,11H2,1-3H3. The van der Waals surface area contributed by atoms with E-state index in [1.807, 2.05) is 30.3 Å². The molecule has 0 spiro atoms. The fraction of sp³-hybridized carbons (Fsp3) is 0.278. The van der Waals surface area contributed by atoms with Crippen molar-refractivity contribution in [2.24, 2.45) is 4.99 Å².